The van der Waals surface area contributed by atoms with Crippen LogP contribution in [-0.4, -0.2) is 48.4 Å². The monoisotopic (exact) mass is 360 g/mol. The molecule has 0 bridgehead atoms. The Morgan fingerprint density at radius 3 is 2.54 bits per heavy atom. The quantitative estimate of drug-likeness (QED) is 0.577. The van der Waals surface area contributed by atoms with Gasteiger partial charge >= 0.3 is 5.97 Å². The van der Waals surface area contributed by atoms with Gasteiger partial charge in [0.05, 0.1) is 6.61 Å². The maximum absolute atomic E-state index is 12.9. The van der Waals surface area contributed by atoms with E-state index in [1.165, 1.54) is 4.90 Å². The van der Waals surface area contributed by atoms with Crippen LogP contribution in [0, 0.1) is 19.8 Å². The van der Waals surface area contributed by atoms with E-state index in [1.807, 2.05) is 45.9 Å². The zero-order valence-electron chi connectivity index (χ0n) is 16.2. The molecule has 1 saturated heterocycles. The highest BCUT2D eigenvalue weighted by Crippen LogP contribution is 2.28. The minimum absolute atomic E-state index is 0.127. The lowest BCUT2D eigenvalue weighted by Gasteiger charge is -2.28. The molecule has 1 unspecified atom stereocenters. The fraction of sp³-hybridized carbons (Fsp3) is 0.550. The van der Waals surface area contributed by atoms with E-state index >= 15 is 0 Å². The molecule has 6 nitrogen and oxygen atoms in total. The van der Waals surface area contributed by atoms with E-state index in [0.29, 0.717) is 13.0 Å². The minimum atomic E-state index is -0.742. The van der Waals surface area contributed by atoms with Crippen LogP contribution in [0.25, 0.3) is 0 Å². The van der Waals surface area contributed by atoms with Crippen molar-refractivity contribution in [3.05, 3.63) is 29.3 Å². The van der Waals surface area contributed by atoms with Gasteiger partial charge in [0.25, 0.3) is 0 Å². The smallest absolute Gasteiger partial charge is 0.325 e. The molecule has 142 valence electrons. The predicted molar refractivity (Wildman–Crippen MR) is 99.9 cm³/mol. The van der Waals surface area contributed by atoms with Crippen molar-refractivity contribution in [1.82, 2.24) is 4.90 Å². The number of hydrogen-bond donors (Lipinski definition) is 0. The van der Waals surface area contributed by atoms with Gasteiger partial charge in [-0.25, -0.2) is 0 Å². The van der Waals surface area contributed by atoms with E-state index in [9.17, 15) is 14.4 Å². The lowest BCUT2D eigenvalue weighted by Crippen LogP contribution is -2.46. The summed E-state index contributed by atoms with van der Waals surface area (Å²) < 4.78 is 4.95. The highest BCUT2D eigenvalue weighted by atomic mass is 16.5. The Labute approximate surface area is 155 Å². The number of anilines is 1. The average molecular weight is 360 g/mol. The topological polar surface area (TPSA) is 66.9 Å². The fourth-order valence-corrected chi connectivity index (χ4v) is 3.12. The van der Waals surface area contributed by atoms with Crippen LogP contribution in [0.15, 0.2) is 18.2 Å². The van der Waals surface area contributed by atoms with Gasteiger partial charge in [-0.05, 0) is 64.3 Å². The molecule has 0 radical (unpaired) electrons. The van der Waals surface area contributed by atoms with Crippen LogP contribution in [0.4, 0.5) is 5.69 Å². The van der Waals surface area contributed by atoms with Crippen LogP contribution >= 0.6 is 0 Å². The Morgan fingerprint density at radius 1 is 1.27 bits per heavy atom. The molecule has 2 amide bonds. The maximum Gasteiger partial charge on any atom is 0.325 e. The first kappa shape index (κ1) is 19.9. The Morgan fingerprint density at radius 2 is 1.96 bits per heavy atom. The third-order valence-electron chi connectivity index (χ3n) is 4.82. The van der Waals surface area contributed by atoms with Gasteiger partial charge in [0, 0.05) is 18.3 Å². The van der Waals surface area contributed by atoms with Gasteiger partial charge in [0.15, 0.2) is 0 Å². The number of esters is 1. The molecule has 0 saturated carbocycles. The molecular weight excluding hydrogens is 332 g/mol. The molecule has 1 heterocycles. The first-order valence-corrected chi connectivity index (χ1v) is 9.11. The highest BCUT2D eigenvalue weighted by Gasteiger charge is 2.40. The summed E-state index contributed by atoms with van der Waals surface area (Å²) in [6.45, 7) is 10.0. The second-order valence-corrected chi connectivity index (χ2v) is 6.96. The number of benzene rings is 1. The van der Waals surface area contributed by atoms with Crippen molar-refractivity contribution < 1.29 is 19.1 Å². The highest BCUT2D eigenvalue weighted by molar-refractivity contribution is 6.10. The predicted octanol–water partition coefficient (Wildman–Crippen LogP) is 2.46. The van der Waals surface area contributed by atoms with Crippen molar-refractivity contribution >= 4 is 23.5 Å². The van der Waals surface area contributed by atoms with Gasteiger partial charge < -0.3 is 14.5 Å². The molecular formula is C20H28N2O4. The summed E-state index contributed by atoms with van der Waals surface area (Å²) in [7, 11) is 0. The summed E-state index contributed by atoms with van der Waals surface area (Å²) in [5, 5.41) is 0. The summed E-state index contributed by atoms with van der Waals surface area (Å²) in [6, 6.07) is 5.68. The molecule has 0 aromatic heterocycles. The lowest BCUT2D eigenvalue weighted by atomic mass is 10.1. The standard InChI is InChI=1S/C20H28N2O4/c1-6-26-18(23)12-22(13(2)3)20(25)17-9-10-21(19(17)24)16-8-7-14(4)15(5)11-16/h7-8,11,13,17H,6,9-10,12H2,1-5H3. The first-order valence-electron chi connectivity index (χ1n) is 9.11. The molecule has 1 aromatic rings. The van der Waals surface area contributed by atoms with E-state index in [1.54, 1.807) is 11.8 Å². The Balaban J connectivity index is 2.15. The number of aryl methyl sites for hydroxylation is 2. The Bertz CT molecular complexity index is 699. The third-order valence-corrected chi connectivity index (χ3v) is 4.82. The fourth-order valence-electron chi connectivity index (χ4n) is 3.12. The number of nitrogens with zero attached hydrogens (tertiary/aromatic N) is 2. The van der Waals surface area contributed by atoms with Crippen molar-refractivity contribution in [3.8, 4) is 0 Å². The number of carbonyl (C=O) groups is 3. The number of hydrogen-bond acceptors (Lipinski definition) is 4. The van der Waals surface area contributed by atoms with Crippen molar-refractivity contribution in [2.75, 3.05) is 24.6 Å². The average Bonchev–Trinajstić information content (AvgIpc) is 2.96. The van der Waals surface area contributed by atoms with Gasteiger partial charge in [-0.3, -0.25) is 14.4 Å². The Kier molecular flexibility index (Phi) is 6.40. The van der Waals surface area contributed by atoms with Crippen LogP contribution in [0.5, 0.6) is 0 Å². The van der Waals surface area contributed by atoms with Crippen LogP contribution in [0.2, 0.25) is 0 Å². The SMILES string of the molecule is CCOC(=O)CN(C(=O)C1CCN(c2ccc(C)c(C)c2)C1=O)C(C)C. The molecule has 1 aliphatic heterocycles. The summed E-state index contributed by atoms with van der Waals surface area (Å²) in [5.41, 5.74) is 3.08. The van der Waals surface area contributed by atoms with E-state index < -0.39 is 11.9 Å². The zero-order valence-corrected chi connectivity index (χ0v) is 16.2. The van der Waals surface area contributed by atoms with Crippen LogP contribution in [0.1, 0.15) is 38.3 Å². The van der Waals surface area contributed by atoms with Crippen LogP contribution in [-0.2, 0) is 19.1 Å². The van der Waals surface area contributed by atoms with E-state index in [-0.39, 0.29) is 31.0 Å². The van der Waals surface area contributed by atoms with E-state index in [0.717, 1.165) is 16.8 Å². The summed E-state index contributed by atoms with van der Waals surface area (Å²) in [5.74, 6) is -1.70. The number of amides is 2. The second-order valence-electron chi connectivity index (χ2n) is 6.96. The largest absolute Gasteiger partial charge is 0.465 e. The van der Waals surface area contributed by atoms with Crippen molar-refractivity contribution in [3.63, 3.8) is 0 Å². The minimum Gasteiger partial charge on any atom is -0.465 e. The normalized spacial score (nSPS) is 16.9. The van der Waals surface area contributed by atoms with Gasteiger partial charge in [0.2, 0.25) is 11.8 Å². The summed E-state index contributed by atoms with van der Waals surface area (Å²) in [6.07, 6.45) is 0.455. The van der Waals surface area contributed by atoms with Gasteiger partial charge in [-0.1, -0.05) is 6.07 Å². The molecule has 1 atom stereocenters. The maximum atomic E-state index is 12.9. The molecule has 1 aliphatic rings. The molecule has 1 fully saturated rings. The van der Waals surface area contributed by atoms with Crippen LogP contribution < -0.4 is 4.90 Å². The second kappa shape index (κ2) is 8.34. The van der Waals surface area contributed by atoms with Crippen molar-refractivity contribution in [1.29, 1.82) is 0 Å². The molecule has 1 aromatic carbocycles. The zero-order chi connectivity index (χ0) is 19.4. The van der Waals surface area contributed by atoms with E-state index in [2.05, 4.69) is 0 Å². The molecule has 2 rings (SSSR count). The van der Waals surface area contributed by atoms with E-state index in [4.69, 9.17) is 4.74 Å². The first-order chi connectivity index (χ1) is 12.3. The molecule has 26 heavy (non-hydrogen) atoms. The van der Waals surface area contributed by atoms with Crippen LogP contribution in [0.3, 0.4) is 0 Å². The molecule has 0 spiro atoms. The number of carbonyl (C=O) groups excluding carboxylic acids is 3. The molecule has 0 N–H and O–H groups in total. The summed E-state index contributed by atoms with van der Waals surface area (Å²) in [4.78, 5) is 40.7. The molecule has 6 heteroatoms. The number of rotatable bonds is 6. The van der Waals surface area contributed by atoms with Crippen molar-refractivity contribution in [2.24, 2.45) is 5.92 Å². The summed E-state index contributed by atoms with van der Waals surface area (Å²) >= 11 is 0. The molecule has 0 aliphatic carbocycles. The number of ether oxygens (including phenoxy) is 1. The van der Waals surface area contributed by atoms with Crippen molar-refractivity contribution in [2.45, 2.75) is 47.1 Å². The third kappa shape index (κ3) is 4.23. The van der Waals surface area contributed by atoms with Gasteiger partial charge in [-0.2, -0.15) is 0 Å². The van der Waals surface area contributed by atoms with Gasteiger partial charge in [-0.15, -0.1) is 0 Å². The van der Waals surface area contributed by atoms with Gasteiger partial charge in [0.1, 0.15) is 12.5 Å². The lowest BCUT2D eigenvalue weighted by molar-refractivity contribution is -0.152. The Hall–Kier alpha value is -2.37.